The molecule has 0 heterocycles. The molecule has 1 amide bonds. The molecule has 0 aliphatic carbocycles. The number of nitrogens with zero attached hydrogens (tertiary/aromatic N) is 1. The summed E-state index contributed by atoms with van der Waals surface area (Å²) >= 11 is 0. The van der Waals surface area contributed by atoms with Crippen LogP contribution in [0.5, 0.6) is 0 Å². The highest BCUT2D eigenvalue weighted by Gasteiger charge is 2.18. The fourth-order valence-electron chi connectivity index (χ4n) is 2.17. The molecule has 0 spiro atoms. The van der Waals surface area contributed by atoms with Crippen LogP contribution in [0.4, 0.5) is 10.1 Å². The summed E-state index contributed by atoms with van der Waals surface area (Å²) < 4.78 is 13.7. The molecule has 0 bridgehead atoms. The number of hydrogen-bond acceptors (Lipinski definition) is 3. The maximum atomic E-state index is 13.7. The van der Waals surface area contributed by atoms with Gasteiger partial charge in [-0.2, -0.15) is 0 Å². The normalized spacial score (nSPS) is 10.3. The number of nitrogens with one attached hydrogen (secondary N) is 1. The Hall–Kier alpha value is -2.40. The highest BCUT2D eigenvalue weighted by atomic mass is 19.1. The molecule has 0 saturated heterocycles. The Morgan fingerprint density at radius 1 is 1.24 bits per heavy atom. The lowest BCUT2D eigenvalue weighted by Crippen LogP contribution is -2.28. The molecule has 0 aliphatic heterocycles. The van der Waals surface area contributed by atoms with Gasteiger partial charge in [-0.1, -0.05) is 30.3 Å². The third-order valence-electron chi connectivity index (χ3n) is 3.40. The number of nitrogen functional groups attached to an aromatic ring is 1. The number of para-hydroxylation sites is 1. The van der Waals surface area contributed by atoms with Crippen LogP contribution in [-0.2, 0) is 6.54 Å². The average Bonchev–Trinajstić information content (AvgIpc) is 2.48. The number of hydrazine groups is 1. The van der Waals surface area contributed by atoms with Crippen molar-refractivity contribution in [2.45, 2.75) is 13.5 Å². The van der Waals surface area contributed by atoms with Gasteiger partial charge in [0, 0.05) is 13.6 Å². The van der Waals surface area contributed by atoms with E-state index in [2.05, 4.69) is 5.43 Å². The van der Waals surface area contributed by atoms with Crippen molar-refractivity contribution >= 4 is 11.6 Å². The monoisotopic (exact) mass is 287 g/mol. The van der Waals surface area contributed by atoms with Gasteiger partial charge < -0.3 is 10.3 Å². The van der Waals surface area contributed by atoms with Crippen molar-refractivity contribution in [3.8, 4) is 0 Å². The summed E-state index contributed by atoms with van der Waals surface area (Å²) in [6, 6.07) is 12.1. The van der Waals surface area contributed by atoms with Gasteiger partial charge in [-0.15, -0.1) is 0 Å². The van der Waals surface area contributed by atoms with E-state index in [1.54, 1.807) is 13.1 Å². The number of carbonyl (C=O) groups is 1. The van der Waals surface area contributed by atoms with Gasteiger partial charge in [0.1, 0.15) is 5.82 Å². The standard InChI is InChI=1S/C16H18FN3O/c1-11-6-3-4-7-12(11)10-20(2)16(21)13-8-5-9-14(17)15(13)19-18/h3-9,19H,10,18H2,1-2H3. The van der Waals surface area contributed by atoms with E-state index in [1.165, 1.54) is 17.0 Å². The van der Waals surface area contributed by atoms with Crippen molar-refractivity contribution in [1.82, 2.24) is 4.90 Å². The minimum Gasteiger partial charge on any atom is -0.337 e. The number of halogens is 1. The van der Waals surface area contributed by atoms with Crippen LogP contribution in [0, 0.1) is 12.7 Å². The van der Waals surface area contributed by atoms with Gasteiger partial charge in [0.2, 0.25) is 0 Å². The van der Waals surface area contributed by atoms with Crippen molar-refractivity contribution in [3.05, 3.63) is 65.0 Å². The summed E-state index contributed by atoms with van der Waals surface area (Å²) in [7, 11) is 1.68. The van der Waals surface area contributed by atoms with Crippen LogP contribution < -0.4 is 11.3 Å². The molecular formula is C16H18FN3O. The van der Waals surface area contributed by atoms with Crippen molar-refractivity contribution < 1.29 is 9.18 Å². The number of aryl methyl sites for hydroxylation is 1. The number of hydrogen-bond donors (Lipinski definition) is 2. The predicted octanol–water partition coefficient (Wildman–Crippen LogP) is 2.69. The molecule has 0 unspecified atom stereocenters. The average molecular weight is 287 g/mol. The molecule has 110 valence electrons. The lowest BCUT2D eigenvalue weighted by molar-refractivity contribution is 0.0785. The zero-order valence-corrected chi connectivity index (χ0v) is 12.1. The molecule has 2 rings (SSSR count). The van der Waals surface area contributed by atoms with Crippen molar-refractivity contribution in [3.63, 3.8) is 0 Å². The first kappa shape index (κ1) is 15.0. The zero-order valence-electron chi connectivity index (χ0n) is 12.1. The second kappa shape index (κ2) is 6.37. The molecule has 0 aromatic heterocycles. The lowest BCUT2D eigenvalue weighted by atomic mass is 10.1. The Balaban J connectivity index is 2.24. The topological polar surface area (TPSA) is 58.4 Å². The van der Waals surface area contributed by atoms with E-state index < -0.39 is 5.82 Å². The van der Waals surface area contributed by atoms with E-state index in [-0.39, 0.29) is 17.2 Å². The van der Waals surface area contributed by atoms with Crippen LogP contribution in [0.25, 0.3) is 0 Å². The molecule has 2 aromatic carbocycles. The molecular weight excluding hydrogens is 269 g/mol. The van der Waals surface area contributed by atoms with E-state index in [0.29, 0.717) is 6.54 Å². The summed E-state index contributed by atoms with van der Waals surface area (Å²) in [5, 5.41) is 0. The Morgan fingerprint density at radius 3 is 2.62 bits per heavy atom. The van der Waals surface area contributed by atoms with Crippen LogP contribution >= 0.6 is 0 Å². The zero-order chi connectivity index (χ0) is 15.4. The summed E-state index contributed by atoms with van der Waals surface area (Å²) in [4.78, 5) is 14.0. The molecule has 0 aliphatic rings. The summed E-state index contributed by atoms with van der Waals surface area (Å²) in [6.45, 7) is 2.44. The van der Waals surface area contributed by atoms with Crippen LogP contribution in [0.3, 0.4) is 0 Å². The van der Waals surface area contributed by atoms with Crippen LogP contribution in [0.2, 0.25) is 0 Å². The van der Waals surface area contributed by atoms with Crippen LogP contribution in [0.1, 0.15) is 21.5 Å². The molecule has 0 fully saturated rings. The molecule has 2 aromatic rings. The largest absolute Gasteiger partial charge is 0.337 e. The second-order valence-corrected chi connectivity index (χ2v) is 4.89. The van der Waals surface area contributed by atoms with Crippen molar-refractivity contribution in [2.24, 2.45) is 5.84 Å². The molecule has 0 radical (unpaired) electrons. The summed E-state index contributed by atoms with van der Waals surface area (Å²) in [5.74, 6) is 4.47. The molecule has 3 N–H and O–H groups in total. The van der Waals surface area contributed by atoms with E-state index in [9.17, 15) is 9.18 Å². The van der Waals surface area contributed by atoms with Crippen molar-refractivity contribution in [2.75, 3.05) is 12.5 Å². The smallest absolute Gasteiger partial charge is 0.256 e. The molecule has 4 nitrogen and oxygen atoms in total. The van der Waals surface area contributed by atoms with Gasteiger partial charge >= 0.3 is 0 Å². The lowest BCUT2D eigenvalue weighted by Gasteiger charge is -2.20. The predicted molar refractivity (Wildman–Crippen MR) is 81.2 cm³/mol. The Bertz CT molecular complexity index is 658. The number of nitrogens with two attached hydrogens (primary N) is 1. The van der Waals surface area contributed by atoms with E-state index in [0.717, 1.165) is 11.1 Å². The Labute approximate surface area is 123 Å². The summed E-state index contributed by atoms with van der Waals surface area (Å²) in [6.07, 6.45) is 0. The van der Waals surface area contributed by atoms with Crippen LogP contribution in [0.15, 0.2) is 42.5 Å². The number of amides is 1. The first-order valence-corrected chi connectivity index (χ1v) is 6.59. The van der Waals surface area contributed by atoms with Gasteiger partial charge in [-0.05, 0) is 30.2 Å². The minimum atomic E-state index is -0.548. The van der Waals surface area contributed by atoms with E-state index in [4.69, 9.17) is 5.84 Å². The molecule has 0 atom stereocenters. The first-order valence-electron chi connectivity index (χ1n) is 6.59. The van der Waals surface area contributed by atoms with Crippen LogP contribution in [-0.4, -0.2) is 17.9 Å². The molecule has 0 saturated carbocycles. The number of carbonyl (C=O) groups excluding carboxylic acids is 1. The fourth-order valence-corrected chi connectivity index (χ4v) is 2.17. The number of rotatable bonds is 4. The summed E-state index contributed by atoms with van der Waals surface area (Å²) in [5.41, 5.74) is 4.64. The highest BCUT2D eigenvalue weighted by Crippen LogP contribution is 2.21. The van der Waals surface area contributed by atoms with Crippen molar-refractivity contribution in [1.29, 1.82) is 0 Å². The number of benzene rings is 2. The fraction of sp³-hybridized carbons (Fsp3) is 0.188. The van der Waals surface area contributed by atoms with Gasteiger partial charge in [0.15, 0.2) is 0 Å². The third-order valence-corrected chi connectivity index (χ3v) is 3.40. The van der Waals surface area contributed by atoms with E-state index >= 15 is 0 Å². The maximum absolute atomic E-state index is 13.7. The third kappa shape index (κ3) is 3.20. The SMILES string of the molecule is Cc1ccccc1CN(C)C(=O)c1cccc(F)c1NN. The van der Waals surface area contributed by atoms with Gasteiger partial charge in [-0.3, -0.25) is 10.6 Å². The quantitative estimate of drug-likeness (QED) is 0.671. The van der Waals surface area contributed by atoms with Gasteiger partial charge in [-0.25, -0.2) is 4.39 Å². The van der Waals surface area contributed by atoms with E-state index in [1.807, 2.05) is 31.2 Å². The maximum Gasteiger partial charge on any atom is 0.256 e. The highest BCUT2D eigenvalue weighted by molar-refractivity contribution is 5.99. The first-order chi connectivity index (χ1) is 10.0. The minimum absolute atomic E-state index is 0.0131. The molecule has 21 heavy (non-hydrogen) atoms. The van der Waals surface area contributed by atoms with Gasteiger partial charge in [0.25, 0.3) is 5.91 Å². The number of anilines is 1. The molecule has 5 heteroatoms. The second-order valence-electron chi connectivity index (χ2n) is 4.89. The van der Waals surface area contributed by atoms with Gasteiger partial charge in [0.05, 0.1) is 11.3 Å². The Morgan fingerprint density at radius 2 is 1.95 bits per heavy atom. The Kier molecular flexibility index (Phi) is 4.55.